The lowest BCUT2D eigenvalue weighted by Crippen LogP contribution is -2.52. The number of rotatable bonds is 9. The predicted molar refractivity (Wildman–Crippen MR) is 76.5 cm³/mol. The van der Waals surface area contributed by atoms with Crippen LogP contribution in [0.1, 0.15) is 32.6 Å². The summed E-state index contributed by atoms with van der Waals surface area (Å²) in [5.74, 6) is 0.106. The maximum atomic E-state index is 11.0. The van der Waals surface area contributed by atoms with Crippen molar-refractivity contribution in [2.75, 3.05) is 19.6 Å². The number of carboxylic acids is 1. The molecule has 0 amide bonds. The molecular formula is C14H24N3O2+. The maximum absolute atomic E-state index is 11.0. The molecule has 1 aliphatic rings. The number of nitrogens with two attached hydrogens (primary N) is 1. The zero-order chi connectivity index (χ0) is 14.1. The largest absolute Gasteiger partial charge is 0.477 e. The molecule has 1 aliphatic heterocycles. The van der Waals surface area contributed by atoms with Crippen LogP contribution in [0.25, 0.3) is 0 Å². The lowest BCUT2D eigenvalue weighted by atomic mass is 10.1. The first-order valence-corrected chi connectivity index (χ1v) is 6.79. The number of hydrogen-bond acceptors (Lipinski definition) is 3. The molecule has 0 radical (unpaired) electrons. The van der Waals surface area contributed by atoms with Crippen LogP contribution < -0.4 is 5.73 Å². The zero-order valence-corrected chi connectivity index (χ0v) is 11.6. The molecule has 1 unspecified atom stereocenters. The van der Waals surface area contributed by atoms with E-state index in [1.807, 2.05) is 19.2 Å². The highest BCUT2D eigenvalue weighted by atomic mass is 16.4. The van der Waals surface area contributed by atoms with Gasteiger partial charge in [-0.15, -0.1) is 0 Å². The maximum Gasteiger partial charge on any atom is 0.360 e. The molecule has 3 N–H and O–H groups in total. The molecule has 5 nitrogen and oxygen atoms in total. The fourth-order valence-electron chi connectivity index (χ4n) is 2.35. The summed E-state index contributed by atoms with van der Waals surface area (Å²) >= 11 is 0. The molecule has 1 rings (SSSR count). The van der Waals surface area contributed by atoms with Crippen molar-refractivity contribution in [3.63, 3.8) is 0 Å². The van der Waals surface area contributed by atoms with Crippen LogP contribution in [-0.4, -0.2) is 41.0 Å². The zero-order valence-electron chi connectivity index (χ0n) is 11.6. The van der Waals surface area contributed by atoms with E-state index in [1.54, 1.807) is 6.20 Å². The Bertz CT molecular complexity index is 388. The number of unbranched alkanes of at least 4 members (excludes halogenated alkanes) is 2. The summed E-state index contributed by atoms with van der Waals surface area (Å²) in [6, 6.07) is 0. The fourth-order valence-corrected chi connectivity index (χ4v) is 2.35. The Hall–Kier alpha value is -1.46. The molecule has 0 spiro atoms. The van der Waals surface area contributed by atoms with Crippen molar-refractivity contribution in [1.82, 2.24) is 0 Å². The molecular weight excluding hydrogens is 242 g/mol. The second kappa shape index (κ2) is 7.86. The number of aliphatic imine (C=N–C) groups is 1. The van der Waals surface area contributed by atoms with Crippen molar-refractivity contribution in [1.29, 1.82) is 0 Å². The highest BCUT2D eigenvalue weighted by Gasteiger charge is 2.36. The molecule has 0 aromatic heterocycles. The Morgan fingerprint density at radius 1 is 1.53 bits per heavy atom. The molecule has 0 aromatic rings. The molecule has 5 heteroatoms. The van der Waals surface area contributed by atoms with Crippen LogP contribution in [0.4, 0.5) is 0 Å². The standard InChI is InChI=1S/C14H23N3O2/c1-2-3-4-5-6-7-13-16-9-11-17(13,10-8-15)12-14(18)19/h2-3,9,11H,4-8,10,12,15H2,1H3/p+1/b3-2+. The minimum atomic E-state index is -0.818. The van der Waals surface area contributed by atoms with Gasteiger partial charge in [-0.3, -0.25) is 0 Å². The molecule has 0 saturated heterocycles. The minimum absolute atomic E-state index is 0.0292. The highest BCUT2D eigenvalue weighted by Crippen LogP contribution is 2.20. The van der Waals surface area contributed by atoms with E-state index >= 15 is 0 Å². The first-order valence-electron chi connectivity index (χ1n) is 6.79. The molecule has 1 atom stereocenters. The van der Waals surface area contributed by atoms with E-state index in [2.05, 4.69) is 11.1 Å². The number of quaternary nitrogens is 1. The Balaban J connectivity index is 2.57. The predicted octanol–water partition coefficient (Wildman–Crippen LogP) is 1.87. The summed E-state index contributed by atoms with van der Waals surface area (Å²) in [5.41, 5.74) is 5.62. The van der Waals surface area contributed by atoms with Gasteiger partial charge in [0.2, 0.25) is 5.84 Å². The van der Waals surface area contributed by atoms with Crippen molar-refractivity contribution in [2.45, 2.75) is 32.6 Å². The van der Waals surface area contributed by atoms with Crippen LogP contribution in [-0.2, 0) is 4.79 Å². The normalized spacial score (nSPS) is 22.1. The van der Waals surface area contributed by atoms with Gasteiger partial charge in [0.25, 0.3) is 0 Å². The van der Waals surface area contributed by atoms with E-state index in [0.29, 0.717) is 13.1 Å². The number of aliphatic carboxylic acids is 1. The second-order valence-corrected chi connectivity index (χ2v) is 4.76. The summed E-state index contributed by atoms with van der Waals surface area (Å²) in [6.07, 6.45) is 11.8. The summed E-state index contributed by atoms with van der Waals surface area (Å²) < 4.78 is 0.287. The molecule has 1 heterocycles. The van der Waals surface area contributed by atoms with Gasteiger partial charge in [0.1, 0.15) is 12.7 Å². The third-order valence-corrected chi connectivity index (χ3v) is 3.29. The van der Waals surface area contributed by atoms with Crippen molar-refractivity contribution >= 4 is 11.8 Å². The molecule has 0 aromatic carbocycles. The van der Waals surface area contributed by atoms with Gasteiger partial charge < -0.3 is 10.8 Å². The molecule has 0 aliphatic carbocycles. The minimum Gasteiger partial charge on any atom is -0.477 e. The number of allylic oxidation sites excluding steroid dienone is 2. The lowest BCUT2D eigenvalue weighted by Gasteiger charge is -2.30. The Morgan fingerprint density at radius 2 is 2.32 bits per heavy atom. The average molecular weight is 266 g/mol. The van der Waals surface area contributed by atoms with Crippen molar-refractivity contribution in [3.8, 4) is 0 Å². The van der Waals surface area contributed by atoms with Crippen LogP contribution in [0.5, 0.6) is 0 Å². The van der Waals surface area contributed by atoms with E-state index in [4.69, 9.17) is 10.8 Å². The third-order valence-electron chi connectivity index (χ3n) is 3.29. The van der Waals surface area contributed by atoms with Crippen molar-refractivity contribution in [2.24, 2.45) is 10.7 Å². The van der Waals surface area contributed by atoms with Gasteiger partial charge in [-0.05, 0) is 26.2 Å². The van der Waals surface area contributed by atoms with Crippen LogP contribution in [0, 0.1) is 0 Å². The molecule has 0 fully saturated rings. The van der Waals surface area contributed by atoms with Crippen molar-refractivity contribution < 1.29 is 14.4 Å². The first kappa shape index (κ1) is 15.6. The Morgan fingerprint density at radius 3 is 2.95 bits per heavy atom. The van der Waals surface area contributed by atoms with Gasteiger partial charge in [-0.2, -0.15) is 0 Å². The van der Waals surface area contributed by atoms with Gasteiger partial charge >= 0.3 is 5.97 Å². The Kier molecular flexibility index (Phi) is 6.45. The van der Waals surface area contributed by atoms with Crippen LogP contribution in [0.3, 0.4) is 0 Å². The van der Waals surface area contributed by atoms with E-state index < -0.39 is 5.97 Å². The first-order chi connectivity index (χ1) is 9.14. The van der Waals surface area contributed by atoms with E-state index in [0.717, 1.165) is 31.5 Å². The average Bonchev–Trinajstić information content (AvgIpc) is 2.71. The summed E-state index contributed by atoms with van der Waals surface area (Å²) in [5, 5.41) is 9.07. The molecule has 106 valence electrons. The quantitative estimate of drug-likeness (QED) is 0.380. The number of amidine groups is 1. The smallest absolute Gasteiger partial charge is 0.360 e. The van der Waals surface area contributed by atoms with Crippen LogP contribution in [0.2, 0.25) is 0 Å². The topological polar surface area (TPSA) is 75.7 Å². The monoisotopic (exact) mass is 266 g/mol. The van der Waals surface area contributed by atoms with E-state index in [9.17, 15) is 4.79 Å². The second-order valence-electron chi connectivity index (χ2n) is 4.76. The third kappa shape index (κ3) is 4.61. The number of carboxylic acid groups (broad SMARTS) is 1. The fraction of sp³-hybridized carbons (Fsp3) is 0.571. The van der Waals surface area contributed by atoms with Gasteiger partial charge in [0, 0.05) is 13.0 Å². The lowest BCUT2D eigenvalue weighted by molar-refractivity contribution is -0.778. The van der Waals surface area contributed by atoms with Gasteiger partial charge in [-0.25, -0.2) is 14.3 Å². The SMILES string of the molecule is C/C=C/CCCCC1=NC=C[N+]1(CCN)CC(=O)O. The summed E-state index contributed by atoms with van der Waals surface area (Å²) in [6.45, 7) is 3.09. The molecule has 0 saturated carbocycles. The number of nitrogens with zero attached hydrogens (tertiary/aromatic N) is 2. The summed E-state index contributed by atoms with van der Waals surface area (Å²) in [7, 11) is 0. The Labute approximate surface area is 114 Å². The van der Waals surface area contributed by atoms with Gasteiger partial charge in [0.15, 0.2) is 6.54 Å². The van der Waals surface area contributed by atoms with Crippen LogP contribution in [0.15, 0.2) is 29.5 Å². The van der Waals surface area contributed by atoms with Gasteiger partial charge in [0.05, 0.1) is 6.20 Å². The number of hydrogen-bond donors (Lipinski definition) is 2. The van der Waals surface area contributed by atoms with Gasteiger partial charge in [-0.1, -0.05) is 12.2 Å². The highest BCUT2D eigenvalue weighted by molar-refractivity contribution is 5.81. The van der Waals surface area contributed by atoms with Crippen molar-refractivity contribution in [3.05, 3.63) is 24.6 Å². The number of carbonyl (C=O) groups is 1. The molecule has 19 heavy (non-hydrogen) atoms. The molecule has 0 bridgehead atoms. The van der Waals surface area contributed by atoms with E-state index in [1.165, 1.54) is 0 Å². The van der Waals surface area contributed by atoms with Crippen LogP contribution >= 0.6 is 0 Å². The van der Waals surface area contributed by atoms with E-state index in [-0.39, 0.29) is 11.0 Å². The summed E-state index contributed by atoms with van der Waals surface area (Å²) in [4.78, 5) is 15.4.